The summed E-state index contributed by atoms with van der Waals surface area (Å²) in [6.07, 6.45) is 2.54. The molecule has 0 heterocycles. The summed E-state index contributed by atoms with van der Waals surface area (Å²) in [6, 6.07) is 0. The van der Waals surface area contributed by atoms with E-state index >= 15 is 0 Å². The molecule has 0 bridgehead atoms. The van der Waals surface area contributed by atoms with Gasteiger partial charge in [-0.3, -0.25) is 0 Å². The fourth-order valence-corrected chi connectivity index (χ4v) is 1.28. The van der Waals surface area contributed by atoms with Gasteiger partial charge in [-0.1, -0.05) is 20.8 Å². The molecule has 0 spiro atoms. The molecular formula is C11H26N2. The van der Waals surface area contributed by atoms with E-state index < -0.39 is 0 Å². The van der Waals surface area contributed by atoms with Crippen LogP contribution in [0.5, 0.6) is 0 Å². The first kappa shape index (κ1) is 12.9. The molecule has 0 amide bonds. The molecular weight excluding hydrogens is 160 g/mol. The highest BCUT2D eigenvalue weighted by molar-refractivity contribution is 4.55. The van der Waals surface area contributed by atoms with Crippen LogP contribution in [0.1, 0.15) is 33.6 Å². The van der Waals surface area contributed by atoms with E-state index in [1.807, 2.05) is 0 Å². The Hall–Kier alpha value is -0.0800. The lowest BCUT2D eigenvalue weighted by atomic mass is 10.1. The molecule has 0 unspecified atom stereocenters. The Morgan fingerprint density at radius 1 is 1.15 bits per heavy atom. The summed E-state index contributed by atoms with van der Waals surface area (Å²) < 4.78 is 0. The molecule has 0 fully saturated rings. The van der Waals surface area contributed by atoms with Gasteiger partial charge in [0.1, 0.15) is 0 Å². The molecule has 0 aromatic heterocycles. The van der Waals surface area contributed by atoms with Crippen molar-refractivity contribution in [2.75, 3.05) is 33.2 Å². The van der Waals surface area contributed by atoms with E-state index in [-0.39, 0.29) is 0 Å². The average Bonchev–Trinajstić information content (AvgIpc) is 2.03. The second-order valence-electron chi connectivity index (χ2n) is 4.24. The van der Waals surface area contributed by atoms with Gasteiger partial charge in [-0.05, 0) is 38.9 Å². The fourth-order valence-electron chi connectivity index (χ4n) is 1.28. The van der Waals surface area contributed by atoms with Crippen LogP contribution in [0.2, 0.25) is 0 Å². The zero-order chi connectivity index (χ0) is 10.1. The van der Waals surface area contributed by atoms with Crippen LogP contribution in [0.15, 0.2) is 0 Å². The summed E-state index contributed by atoms with van der Waals surface area (Å²) in [4.78, 5) is 2.38. The van der Waals surface area contributed by atoms with E-state index in [0.717, 1.165) is 19.0 Å². The molecule has 0 aliphatic carbocycles. The molecule has 13 heavy (non-hydrogen) atoms. The van der Waals surface area contributed by atoms with Crippen molar-refractivity contribution < 1.29 is 0 Å². The average molecular weight is 186 g/mol. The van der Waals surface area contributed by atoms with E-state index in [1.54, 1.807) is 0 Å². The number of likely N-dealkylation sites (N-methyl/N-ethyl adjacent to an activating group) is 1. The molecule has 0 atom stereocenters. The minimum atomic E-state index is 0.820. The molecule has 0 aliphatic rings. The molecule has 0 aliphatic heterocycles. The molecule has 0 saturated carbocycles. The summed E-state index contributed by atoms with van der Waals surface area (Å²) in [7, 11) is 2.19. The van der Waals surface area contributed by atoms with Crippen LogP contribution in [0.25, 0.3) is 0 Å². The van der Waals surface area contributed by atoms with Crippen molar-refractivity contribution >= 4 is 0 Å². The zero-order valence-corrected chi connectivity index (χ0v) is 9.77. The number of nitrogens with zero attached hydrogens (tertiary/aromatic N) is 1. The quantitative estimate of drug-likeness (QED) is 0.583. The van der Waals surface area contributed by atoms with Gasteiger partial charge in [0.2, 0.25) is 0 Å². The molecule has 0 saturated heterocycles. The topological polar surface area (TPSA) is 15.3 Å². The number of hydrogen-bond acceptors (Lipinski definition) is 2. The summed E-state index contributed by atoms with van der Waals surface area (Å²) in [6.45, 7) is 11.4. The molecule has 80 valence electrons. The standard InChI is InChI=1S/C11H26N2/c1-5-9-13(4)10-8-12-7-6-11(2)3/h11-12H,5-10H2,1-4H3. The Labute approximate surface area is 83.7 Å². The predicted octanol–water partition coefficient (Wildman–Crippen LogP) is 1.96. The SMILES string of the molecule is CCCN(C)CCNCCC(C)C. The van der Waals surface area contributed by atoms with Gasteiger partial charge in [0.25, 0.3) is 0 Å². The highest BCUT2D eigenvalue weighted by atomic mass is 15.1. The van der Waals surface area contributed by atoms with Gasteiger partial charge in [-0.15, -0.1) is 0 Å². The molecule has 2 heteroatoms. The Kier molecular flexibility index (Phi) is 8.46. The highest BCUT2D eigenvalue weighted by Crippen LogP contribution is 1.95. The summed E-state index contributed by atoms with van der Waals surface area (Å²) in [5, 5.41) is 3.46. The van der Waals surface area contributed by atoms with Crippen LogP contribution >= 0.6 is 0 Å². The minimum Gasteiger partial charge on any atom is -0.315 e. The van der Waals surface area contributed by atoms with Crippen molar-refractivity contribution in [1.82, 2.24) is 10.2 Å². The van der Waals surface area contributed by atoms with Crippen molar-refractivity contribution in [2.45, 2.75) is 33.6 Å². The zero-order valence-electron chi connectivity index (χ0n) is 9.77. The minimum absolute atomic E-state index is 0.820. The third kappa shape index (κ3) is 9.84. The van der Waals surface area contributed by atoms with Gasteiger partial charge < -0.3 is 10.2 Å². The highest BCUT2D eigenvalue weighted by Gasteiger charge is 1.96. The van der Waals surface area contributed by atoms with Gasteiger partial charge in [0.15, 0.2) is 0 Å². The van der Waals surface area contributed by atoms with Gasteiger partial charge in [-0.2, -0.15) is 0 Å². The summed E-state index contributed by atoms with van der Waals surface area (Å²) in [5.41, 5.74) is 0. The first-order valence-corrected chi connectivity index (χ1v) is 5.56. The normalized spacial score (nSPS) is 11.5. The van der Waals surface area contributed by atoms with Crippen molar-refractivity contribution in [1.29, 1.82) is 0 Å². The predicted molar refractivity (Wildman–Crippen MR) is 60.1 cm³/mol. The van der Waals surface area contributed by atoms with Crippen molar-refractivity contribution in [2.24, 2.45) is 5.92 Å². The molecule has 0 aromatic rings. The lowest BCUT2D eigenvalue weighted by Crippen LogP contribution is -2.30. The maximum atomic E-state index is 3.46. The maximum absolute atomic E-state index is 3.46. The maximum Gasteiger partial charge on any atom is 0.0104 e. The van der Waals surface area contributed by atoms with Crippen LogP contribution in [0.3, 0.4) is 0 Å². The van der Waals surface area contributed by atoms with E-state index in [2.05, 4.69) is 38.0 Å². The second kappa shape index (κ2) is 8.52. The Bertz CT molecular complexity index is 102. The third-order valence-electron chi connectivity index (χ3n) is 2.17. The number of hydrogen-bond donors (Lipinski definition) is 1. The lowest BCUT2D eigenvalue weighted by molar-refractivity contribution is 0.330. The van der Waals surface area contributed by atoms with E-state index in [4.69, 9.17) is 0 Å². The van der Waals surface area contributed by atoms with Gasteiger partial charge in [0.05, 0.1) is 0 Å². The van der Waals surface area contributed by atoms with Crippen LogP contribution in [0, 0.1) is 5.92 Å². The Morgan fingerprint density at radius 2 is 1.85 bits per heavy atom. The first-order chi connectivity index (χ1) is 6.16. The molecule has 0 aromatic carbocycles. The van der Waals surface area contributed by atoms with Gasteiger partial charge in [0, 0.05) is 13.1 Å². The Balaban J connectivity index is 3.06. The monoisotopic (exact) mass is 186 g/mol. The Morgan fingerprint density at radius 3 is 2.38 bits per heavy atom. The van der Waals surface area contributed by atoms with Gasteiger partial charge in [-0.25, -0.2) is 0 Å². The molecule has 0 rings (SSSR count). The summed E-state index contributed by atoms with van der Waals surface area (Å²) in [5.74, 6) is 0.820. The molecule has 1 N–H and O–H groups in total. The van der Waals surface area contributed by atoms with Crippen molar-refractivity contribution in [3.05, 3.63) is 0 Å². The summed E-state index contributed by atoms with van der Waals surface area (Å²) >= 11 is 0. The van der Waals surface area contributed by atoms with Gasteiger partial charge >= 0.3 is 0 Å². The van der Waals surface area contributed by atoms with Crippen molar-refractivity contribution in [3.8, 4) is 0 Å². The molecule has 2 nitrogen and oxygen atoms in total. The van der Waals surface area contributed by atoms with E-state index in [0.29, 0.717) is 0 Å². The smallest absolute Gasteiger partial charge is 0.0104 e. The lowest BCUT2D eigenvalue weighted by Gasteiger charge is -2.15. The van der Waals surface area contributed by atoms with Crippen LogP contribution in [-0.4, -0.2) is 38.1 Å². The van der Waals surface area contributed by atoms with Crippen molar-refractivity contribution in [3.63, 3.8) is 0 Å². The fraction of sp³-hybridized carbons (Fsp3) is 1.00. The van der Waals surface area contributed by atoms with Crippen LogP contribution < -0.4 is 5.32 Å². The van der Waals surface area contributed by atoms with E-state index in [9.17, 15) is 0 Å². The van der Waals surface area contributed by atoms with E-state index in [1.165, 1.54) is 25.9 Å². The molecule has 0 radical (unpaired) electrons. The number of nitrogens with one attached hydrogen (secondary N) is 1. The van der Waals surface area contributed by atoms with Crippen LogP contribution in [-0.2, 0) is 0 Å². The first-order valence-electron chi connectivity index (χ1n) is 5.56. The van der Waals surface area contributed by atoms with Crippen LogP contribution in [0.4, 0.5) is 0 Å². The second-order valence-corrected chi connectivity index (χ2v) is 4.24. The third-order valence-corrected chi connectivity index (χ3v) is 2.17. The number of rotatable bonds is 8. The largest absolute Gasteiger partial charge is 0.315 e.